The molecular formula is C12H9Cl2N3O3. The standard InChI is InChI=1S/C12H9Cl2N3O3/c1-15-11-5-8(17(18)19)6-12(16-11)20-10-4-7(13)2-3-9(10)14/h2-6H,1H3,(H,15,16). The second kappa shape index (κ2) is 5.94. The fraction of sp³-hybridized carbons (Fsp3) is 0.0833. The smallest absolute Gasteiger partial charge is 0.278 e. The number of anilines is 1. The van der Waals surface area contributed by atoms with E-state index in [2.05, 4.69) is 10.3 Å². The molecule has 0 fully saturated rings. The Hall–Kier alpha value is -2.05. The maximum Gasteiger partial charge on any atom is 0.278 e. The first-order chi connectivity index (χ1) is 9.49. The SMILES string of the molecule is CNc1cc([N+](=O)[O-])cc(Oc2cc(Cl)ccc2Cl)n1. The van der Waals surface area contributed by atoms with Crippen LogP contribution in [0.1, 0.15) is 0 Å². The van der Waals surface area contributed by atoms with Crippen molar-refractivity contribution in [3.8, 4) is 11.6 Å². The first-order valence-corrected chi connectivity index (χ1v) is 6.22. The van der Waals surface area contributed by atoms with Crippen molar-refractivity contribution in [1.29, 1.82) is 0 Å². The summed E-state index contributed by atoms with van der Waals surface area (Å²) < 4.78 is 5.45. The minimum absolute atomic E-state index is 0.0488. The second-order valence-electron chi connectivity index (χ2n) is 3.73. The van der Waals surface area contributed by atoms with Crippen molar-refractivity contribution in [2.75, 3.05) is 12.4 Å². The molecule has 0 aliphatic heterocycles. The lowest BCUT2D eigenvalue weighted by atomic mass is 10.3. The van der Waals surface area contributed by atoms with Gasteiger partial charge in [-0.1, -0.05) is 23.2 Å². The van der Waals surface area contributed by atoms with Gasteiger partial charge in [0.05, 0.1) is 22.1 Å². The molecule has 0 saturated carbocycles. The van der Waals surface area contributed by atoms with Crippen LogP contribution in [0.3, 0.4) is 0 Å². The van der Waals surface area contributed by atoms with Crippen LogP contribution in [-0.4, -0.2) is 17.0 Å². The Labute approximate surface area is 124 Å². The molecule has 6 nitrogen and oxygen atoms in total. The lowest BCUT2D eigenvalue weighted by Crippen LogP contribution is -1.98. The van der Waals surface area contributed by atoms with Crippen LogP contribution in [0.5, 0.6) is 11.6 Å². The average Bonchev–Trinajstić information content (AvgIpc) is 2.42. The summed E-state index contributed by atoms with van der Waals surface area (Å²) in [5, 5.41) is 14.3. The van der Waals surface area contributed by atoms with E-state index in [1.54, 1.807) is 19.2 Å². The highest BCUT2D eigenvalue weighted by Crippen LogP contribution is 2.32. The van der Waals surface area contributed by atoms with Gasteiger partial charge < -0.3 is 10.1 Å². The predicted octanol–water partition coefficient (Wildman–Crippen LogP) is 4.13. The van der Waals surface area contributed by atoms with Gasteiger partial charge in [0.15, 0.2) is 0 Å². The molecule has 0 aliphatic rings. The van der Waals surface area contributed by atoms with Crippen LogP contribution in [0.2, 0.25) is 10.0 Å². The number of rotatable bonds is 4. The van der Waals surface area contributed by atoms with E-state index in [1.165, 1.54) is 18.2 Å². The molecule has 8 heteroatoms. The highest BCUT2D eigenvalue weighted by molar-refractivity contribution is 6.34. The molecule has 0 aliphatic carbocycles. The summed E-state index contributed by atoms with van der Waals surface area (Å²) in [6, 6.07) is 7.18. The Balaban J connectivity index is 2.39. The number of ether oxygens (including phenoxy) is 1. The van der Waals surface area contributed by atoms with E-state index in [0.717, 1.165) is 0 Å². The molecule has 1 aromatic heterocycles. The second-order valence-corrected chi connectivity index (χ2v) is 4.58. The Morgan fingerprint density at radius 2 is 2.05 bits per heavy atom. The van der Waals surface area contributed by atoms with Crippen LogP contribution >= 0.6 is 23.2 Å². The zero-order valence-electron chi connectivity index (χ0n) is 10.3. The molecule has 1 aromatic carbocycles. The molecule has 0 amide bonds. The van der Waals surface area contributed by atoms with Crippen molar-refractivity contribution in [2.45, 2.75) is 0 Å². The fourth-order valence-electron chi connectivity index (χ4n) is 1.45. The van der Waals surface area contributed by atoms with Gasteiger partial charge in [-0.25, -0.2) is 0 Å². The van der Waals surface area contributed by atoms with Gasteiger partial charge in [-0.2, -0.15) is 4.98 Å². The normalized spacial score (nSPS) is 10.2. The molecule has 0 radical (unpaired) electrons. The number of hydrogen-bond donors (Lipinski definition) is 1. The number of nitro groups is 1. The van der Waals surface area contributed by atoms with Gasteiger partial charge in [0.25, 0.3) is 5.69 Å². The van der Waals surface area contributed by atoms with Gasteiger partial charge in [-0.3, -0.25) is 10.1 Å². The van der Waals surface area contributed by atoms with Gasteiger partial charge in [0.1, 0.15) is 11.6 Å². The lowest BCUT2D eigenvalue weighted by molar-refractivity contribution is -0.384. The third-order valence-corrected chi connectivity index (χ3v) is 2.91. The number of nitrogens with zero attached hydrogens (tertiary/aromatic N) is 2. The molecule has 1 heterocycles. The van der Waals surface area contributed by atoms with Crippen LogP contribution in [0.4, 0.5) is 11.5 Å². The molecule has 104 valence electrons. The van der Waals surface area contributed by atoms with Crippen molar-refractivity contribution in [3.05, 3.63) is 50.5 Å². The first-order valence-electron chi connectivity index (χ1n) is 5.46. The van der Waals surface area contributed by atoms with Crippen molar-refractivity contribution >= 4 is 34.7 Å². The predicted molar refractivity (Wildman–Crippen MR) is 77.0 cm³/mol. The maximum atomic E-state index is 10.8. The summed E-state index contributed by atoms with van der Waals surface area (Å²) in [6.45, 7) is 0. The molecule has 20 heavy (non-hydrogen) atoms. The van der Waals surface area contributed by atoms with Crippen LogP contribution in [-0.2, 0) is 0 Å². The van der Waals surface area contributed by atoms with E-state index in [4.69, 9.17) is 27.9 Å². The molecule has 2 aromatic rings. The molecule has 2 rings (SSSR count). The molecule has 0 saturated heterocycles. The number of pyridine rings is 1. The van der Waals surface area contributed by atoms with Crippen LogP contribution in [0.15, 0.2) is 30.3 Å². The quantitative estimate of drug-likeness (QED) is 0.678. The molecule has 0 bridgehead atoms. The number of halogens is 2. The Kier molecular flexibility index (Phi) is 4.26. The lowest BCUT2D eigenvalue weighted by Gasteiger charge is -2.08. The number of hydrogen-bond acceptors (Lipinski definition) is 5. The zero-order chi connectivity index (χ0) is 14.7. The van der Waals surface area contributed by atoms with E-state index >= 15 is 0 Å². The average molecular weight is 314 g/mol. The monoisotopic (exact) mass is 313 g/mol. The first kappa shape index (κ1) is 14.4. The molecule has 0 atom stereocenters. The van der Waals surface area contributed by atoms with Crippen molar-refractivity contribution in [2.24, 2.45) is 0 Å². The fourth-order valence-corrected chi connectivity index (χ4v) is 1.76. The maximum absolute atomic E-state index is 10.8. The summed E-state index contributed by atoms with van der Waals surface area (Å²) in [5.74, 6) is 0.634. The highest BCUT2D eigenvalue weighted by Gasteiger charge is 2.13. The van der Waals surface area contributed by atoms with Crippen LogP contribution in [0.25, 0.3) is 0 Å². The number of nitrogens with one attached hydrogen (secondary N) is 1. The van der Waals surface area contributed by atoms with Gasteiger partial charge in [-0.15, -0.1) is 0 Å². The molecule has 0 unspecified atom stereocenters. The largest absolute Gasteiger partial charge is 0.437 e. The minimum atomic E-state index is -0.533. The molecule has 0 spiro atoms. The highest BCUT2D eigenvalue weighted by atomic mass is 35.5. The van der Waals surface area contributed by atoms with Gasteiger partial charge in [0.2, 0.25) is 5.88 Å². The number of aromatic nitrogens is 1. The Bertz CT molecular complexity index is 664. The molecular weight excluding hydrogens is 305 g/mol. The van der Waals surface area contributed by atoms with E-state index < -0.39 is 4.92 Å². The topological polar surface area (TPSA) is 77.3 Å². The third kappa shape index (κ3) is 3.28. The minimum Gasteiger partial charge on any atom is -0.437 e. The summed E-state index contributed by atoms with van der Waals surface area (Å²) in [7, 11) is 1.60. The van der Waals surface area contributed by atoms with E-state index in [9.17, 15) is 10.1 Å². The van der Waals surface area contributed by atoms with Gasteiger partial charge in [-0.05, 0) is 12.1 Å². The van der Waals surface area contributed by atoms with Crippen molar-refractivity contribution < 1.29 is 9.66 Å². The summed E-state index contributed by atoms with van der Waals surface area (Å²) in [5.41, 5.74) is -0.141. The summed E-state index contributed by atoms with van der Waals surface area (Å²) in [4.78, 5) is 14.4. The van der Waals surface area contributed by atoms with Gasteiger partial charge >= 0.3 is 0 Å². The van der Waals surface area contributed by atoms with Crippen LogP contribution < -0.4 is 10.1 Å². The van der Waals surface area contributed by atoms with Crippen molar-refractivity contribution in [3.63, 3.8) is 0 Å². The zero-order valence-corrected chi connectivity index (χ0v) is 11.8. The Morgan fingerprint density at radius 1 is 1.30 bits per heavy atom. The molecule has 1 N–H and O–H groups in total. The van der Waals surface area contributed by atoms with E-state index in [-0.39, 0.29) is 17.3 Å². The third-order valence-electron chi connectivity index (χ3n) is 2.36. The van der Waals surface area contributed by atoms with Crippen LogP contribution in [0, 0.1) is 10.1 Å². The van der Waals surface area contributed by atoms with Gasteiger partial charge in [0, 0.05) is 18.1 Å². The Morgan fingerprint density at radius 3 is 2.70 bits per heavy atom. The van der Waals surface area contributed by atoms with Crippen molar-refractivity contribution in [1.82, 2.24) is 4.98 Å². The summed E-state index contributed by atoms with van der Waals surface area (Å²) in [6.07, 6.45) is 0. The van der Waals surface area contributed by atoms with E-state index in [1.807, 2.05) is 0 Å². The summed E-state index contributed by atoms with van der Waals surface area (Å²) >= 11 is 11.8. The number of benzene rings is 1. The van der Waals surface area contributed by atoms with E-state index in [0.29, 0.717) is 15.9 Å².